The molecule has 0 bridgehead atoms. The molecular formula is CH3Ca2O8P. The first-order valence-corrected chi connectivity index (χ1v) is 2.86. The van der Waals surface area contributed by atoms with Gasteiger partial charge in [-0.05, 0) is 6.16 Å². The number of hydrogen-bond acceptors (Lipinski definition) is 6. The molecule has 0 saturated carbocycles. The van der Waals surface area contributed by atoms with Crippen molar-refractivity contribution in [3.05, 3.63) is 0 Å². The molecule has 0 aromatic carbocycles. The first-order chi connectivity index (χ1) is 3.73. The van der Waals surface area contributed by atoms with Gasteiger partial charge in [0.2, 0.25) is 0 Å². The summed E-state index contributed by atoms with van der Waals surface area (Å²) in [5.74, 6) is 0. The summed E-state index contributed by atoms with van der Waals surface area (Å²) in [5.41, 5.74) is 0. The topological polar surface area (TPSA) is 178 Å². The van der Waals surface area contributed by atoms with Crippen LogP contribution in [0.4, 0.5) is 4.79 Å². The molecule has 12 heavy (non-hydrogen) atoms. The van der Waals surface area contributed by atoms with Gasteiger partial charge in [0.1, 0.15) is 0 Å². The van der Waals surface area contributed by atoms with Crippen LogP contribution in [0.2, 0.25) is 0 Å². The third-order valence-corrected chi connectivity index (χ3v) is 0. The molecule has 8 nitrogen and oxygen atoms in total. The summed E-state index contributed by atoms with van der Waals surface area (Å²) in [6.45, 7) is 0. The Morgan fingerprint density at radius 1 is 1.17 bits per heavy atom. The van der Waals surface area contributed by atoms with Gasteiger partial charge in [0.05, 0.1) is 7.82 Å². The van der Waals surface area contributed by atoms with Gasteiger partial charge < -0.3 is 39.7 Å². The van der Waals surface area contributed by atoms with E-state index in [1.54, 1.807) is 0 Å². The average molecular weight is 254 g/mol. The van der Waals surface area contributed by atoms with Gasteiger partial charge in [-0.1, -0.05) is 0 Å². The van der Waals surface area contributed by atoms with E-state index in [-0.39, 0.29) is 81.0 Å². The summed E-state index contributed by atoms with van der Waals surface area (Å²) in [6.07, 6.45) is -2.33. The van der Waals surface area contributed by atoms with E-state index in [4.69, 9.17) is 34.3 Å². The van der Waals surface area contributed by atoms with Crippen molar-refractivity contribution in [1.29, 1.82) is 0 Å². The molecule has 11 heteroatoms. The maximum atomic E-state index is 8.66. The van der Waals surface area contributed by atoms with Gasteiger partial charge in [-0.2, -0.15) is 0 Å². The molecule has 0 aromatic heterocycles. The van der Waals surface area contributed by atoms with E-state index in [1.807, 2.05) is 0 Å². The van der Waals surface area contributed by atoms with Crippen LogP contribution >= 0.6 is 7.82 Å². The Bertz CT molecular complexity index is 117. The molecule has 0 rings (SSSR count). The zero-order valence-electron chi connectivity index (χ0n) is 5.76. The normalized spacial score (nSPS) is 6.92. The summed E-state index contributed by atoms with van der Waals surface area (Å²) >= 11 is 0. The minimum atomic E-state index is -5.14. The Kier molecular flexibility index (Phi) is 37.3. The molecule has 0 atom stereocenters. The van der Waals surface area contributed by atoms with E-state index in [0.717, 1.165) is 0 Å². The van der Waals surface area contributed by atoms with Crippen molar-refractivity contribution in [1.82, 2.24) is 0 Å². The quantitative estimate of drug-likeness (QED) is 0.329. The molecule has 0 aliphatic rings. The fourth-order valence-electron chi connectivity index (χ4n) is 0. The fraction of sp³-hybridized carbons (Fsp3) is 0. The summed E-state index contributed by atoms with van der Waals surface area (Å²) < 4.78 is 8.66. The molecule has 0 amide bonds. The Labute approximate surface area is 127 Å². The number of rotatable bonds is 0. The second-order valence-corrected chi connectivity index (χ2v) is 1.66. The second-order valence-electron chi connectivity index (χ2n) is 0.719. The van der Waals surface area contributed by atoms with Crippen LogP contribution in [0.1, 0.15) is 0 Å². The first-order valence-electron chi connectivity index (χ1n) is 1.36. The van der Waals surface area contributed by atoms with Crippen molar-refractivity contribution in [3.63, 3.8) is 0 Å². The number of hydrogen-bond donors (Lipinski definition) is 1. The monoisotopic (exact) mass is 254 g/mol. The second kappa shape index (κ2) is 15.3. The van der Waals surface area contributed by atoms with Gasteiger partial charge >= 0.3 is 75.5 Å². The Morgan fingerprint density at radius 2 is 1.17 bits per heavy atom. The van der Waals surface area contributed by atoms with Gasteiger partial charge in [-0.25, -0.2) is 0 Å². The number of carbonyl (C=O) groups excluding carboxylic acids is 1. The van der Waals surface area contributed by atoms with Crippen molar-refractivity contribution < 1.29 is 39.7 Å². The predicted molar refractivity (Wildman–Crippen MR) is 30.3 cm³/mol. The fourth-order valence-corrected chi connectivity index (χ4v) is 0. The van der Waals surface area contributed by atoms with E-state index in [2.05, 4.69) is 0 Å². The van der Waals surface area contributed by atoms with Gasteiger partial charge in [0.15, 0.2) is 0 Å². The largest absolute Gasteiger partial charge is 2.00 e. The van der Waals surface area contributed by atoms with E-state index in [1.165, 1.54) is 0 Å². The molecule has 0 fully saturated rings. The maximum absolute atomic E-state index is 8.66. The number of carboxylic acid groups (broad SMARTS) is 2. The van der Waals surface area contributed by atoms with Crippen molar-refractivity contribution >= 4 is 89.5 Å². The molecule has 0 heterocycles. The summed E-state index contributed by atoms with van der Waals surface area (Å²) in [4.78, 5) is 32.6. The van der Waals surface area contributed by atoms with Crippen LogP contribution in [-0.4, -0.2) is 92.0 Å². The minimum absolute atomic E-state index is 0. The van der Waals surface area contributed by atoms with Gasteiger partial charge in [0.25, 0.3) is 0 Å². The van der Waals surface area contributed by atoms with Crippen LogP contribution in [0.15, 0.2) is 0 Å². The van der Waals surface area contributed by atoms with Crippen LogP contribution in [0.25, 0.3) is 0 Å². The molecule has 0 aliphatic carbocycles. The molecule has 0 radical (unpaired) electrons. The molecule has 0 unspecified atom stereocenters. The third kappa shape index (κ3) is 404. The van der Waals surface area contributed by atoms with Gasteiger partial charge in [-0.15, -0.1) is 0 Å². The Hall–Kier alpha value is 1.86. The predicted octanol–water partition coefficient (Wildman–Crippen LogP) is -6.23. The SMILES string of the molecule is O.O=C([O-])[O-].O=P([O-])([O-])O.[Ca+2].[Ca+2]. The molecular weight excluding hydrogens is 251 g/mol. The van der Waals surface area contributed by atoms with E-state index < -0.39 is 14.0 Å². The number of carbonyl (C=O) groups is 1. The van der Waals surface area contributed by atoms with Crippen LogP contribution in [-0.2, 0) is 4.57 Å². The zero-order chi connectivity index (χ0) is 8.08. The molecule has 3 N–H and O–H groups in total. The van der Waals surface area contributed by atoms with Crippen molar-refractivity contribution in [2.75, 3.05) is 0 Å². The van der Waals surface area contributed by atoms with Crippen LogP contribution < -0.4 is 20.0 Å². The van der Waals surface area contributed by atoms with Crippen molar-refractivity contribution in [2.45, 2.75) is 0 Å². The Balaban J connectivity index is -0.0000000221. The summed E-state index contributed by atoms with van der Waals surface area (Å²) in [5, 5.41) is 16.7. The van der Waals surface area contributed by atoms with Crippen LogP contribution in [0.3, 0.4) is 0 Å². The van der Waals surface area contributed by atoms with Crippen molar-refractivity contribution in [3.8, 4) is 0 Å². The molecule has 0 aromatic rings. The third-order valence-electron chi connectivity index (χ3n) is 0. The van der Waals surface area contributed by atoms with E-state index in [9.17, 15) is 0 Å². The molecule has 64 valence electrons. The van der Waals surface area contributed by atoms with E-state index >= 15 is 0 Å². The minimum Gasteiger partial charge on any atom is -0.790 e. The summed E-state index contributed by atoms with van der Waals surface area (Å²) in [7, 11) is -5.14. The maximum Gasteiger partial charge on any atom is 2.00 e. The zero-order valence-corrected chi connectivity index (χ0v) is 11.1. The molecule has 0 aliphatic heterocycles. The average Bonchev–Trinajstić information content (AvgIpc) is 1.19. The molecule has 0 saturated heterocycles. The summed E-state index contributed by atoms with van der Waals surface area (Å²) in [6, 6.07) is 0. The van der Waals surface area contributed by atoms with Gasteiger partial charge in [0, 0.05) is 0 Å². The van der Waals surface area contributed by atoms with Crippen LogP contribution in [0, 0.1) is 0 Å². The molecule has 0 spiro atoms. The smallest absolute Gasteiger partial charge is 0.790 e. The van der Waals surface area contributed by atoms with Crippen molar-refractivity contribution in [2.24, 2.45) is 0 Å². The standard InChI is InChI=1S/CH2O3.2Ca.H3O4P.H2O/c2-1(3)4;;;1-5(2,3)4;/h(H2,2,3,4);;;(H3,1,2,3,4);1H2/q;2*+2;;/p-4. The van der Waals surface area contributed by atoms with Gasteiger partial charge in [-0.3, -0.25) is 0 Å². The van der Waals surface area contributed by atoms with Crippen LogP contribution in [0.5, 0.6) is 0 Å². The first kappa shape index (κ1) is 29.2. The number of phosphoric acid groups is 1. The van der Waals surface area contributed by atoms with E-state index in [0.29, 0.717) is 0 Å². The Morgan fingerprint density at radius 3 is 1.17 bits per heavy atom.